The van der Waals surface area contributed by atoms with Gasteiger partial charge in [0, 0.05) is 12.1 Å². The fraction of sp³-hybridized carbons (Fsp3) is 0.286. The van der Waals surface area contributed by atoms with Gasteiger partial charge in [-0.15, -0.1) is 10.2 Å². The molecule has 2 amide bonds. The Morgan fingerprint density at radius 1 is 0.789 bits per heavy atom. The minimum absolute atomic E-state index is 0.0714. The van der Waals surface area contributed by atoms with E-state index in [1.165, 1.54) is 11.3 Å². The van der Waals surface area contributed by atoms with Crippen molar-refractivity contribution in [1.29, 1.82) is 0 Å². The molecule has 0 fully saturated rings. The van der Waals surface area contributed by atoms with Crippen molar-refractivity contribution in [3.8, 4) is 0 Å². The van der Waals surface area contributed by atoms with Crippen LogP contribution in [-0.4, -0.2) is 28.6 Å². The first kappa shape index (κ1) is 27.0. The zero-order valence-corrected chi connectivity index (χ0v) is 22.0. The van der Waals surface area contributed by atoms with Gasteiger partial charge in [-0.3, -0.25) is 15.0 Å². The molecule has 4 rings (SSSR count). The number of carbonyl (C=O) groups excluding carboxylic acids is 2. The number of hydrogen-bond donors (Lipinski definition) is 5. The number of nitrogens with zero attached hydrogens (tertiary/aromatic N) is 2. The zero-order chi connectivity index (χ0) is 26.6. The molecule has 0 bridgehead atoms. The predicted octanol–water partition coefficient (Wildman–Crippen LogP) is 3.13. The van der Waals surface area contributed by atoms with E-state index < -0.39 is 0 Å². The van der Waals surface area contributed by atoms with Crippen LogP contribution >= 0.6 is 11.3 Å². The van der Waals surface area contributed by atoms with Crippen molar-refractivity contribution in [1.82, 2.24) is 26.4 Å². The number of rotatable bonds is 13. The molecule has 0 spiro atoms. The molecule has 0 aliphatic carbocycles. The lowest BCUT2D eigenvalue weighted by atomic mass is 10.1. The molecule has 198 valence electrons. The van der Waals surface area contributed by atoms with Crippen LogP contribution in [-0.2, 0) is 35.3 Å². The van der Waals surface area contributed by atoms with Crippen LogP contribution in [0.4, 0.5) is 5.13 Å². The molecule has 6 N–H and O–H groups in total. The number of benzene rings is 2. The maximum Gasteiger partial charge on any atom is 0.230 e. The molecule has 1 aliphatic rings. The third kappa shape index (κ3) is 8.82. The summed E-state index contributed by atoms with van der Waals surface area (Å²) in [6.45, 7) is 0.585. The highest BCUT2D eigenvalue weighted by molar-refractivity contribution is 7.15. The molecule has 38 heavy (non-hydrogen) atoms. The van der Waals surface area contributed by atoms with Crippen LogP contribution in [0.2, 0.25) is 0 Å². The maximum absolute atomic E-state index is 12.4. The Kier molecular flexibility index (Phi) is 10.00. The topological polar surface area (TPSA) is 134 Å². The predicted molar refractivity (Wildman–Crippen MR) is 150 cm³/mol. The normalized spacial score (nSPS) is 12.6. The van der Waals surface area contributed by atoms with E-state index in [0.717, 1.165) is 59.5 Å². The van der Waals surface area contributed by atoms with Crippen LogP contribution < -0.4 is 27.2 Å². The summed E-state index contributed by atoms with van der Waals surface area (Å²) in [5.74, 6) is 0.448. The third-order valence-corrected chi connectivity index (χ3v) is 6.78. The molecule has 9 nitrogen and oxygen atoms in total. The average Bonchev–Trinajstić information content (AvgIpc) is 3.35. The van der Waals surface area contributed by atoms with E-state index >= 15 is 0 Å². The number of aryl methyl sites for hydroxylation is 1. The molecule has 0 saturated carbocycles. The number of aromatic nitrogens is 2. The quantitative estimate of drug-likeness (QED) is 0.214. The molecular formula is C28H33N7O2S. The van der Waals surface area contributed by atoms with E-state index in [-0.39, 0.29) is 18.2 Å². The van der Waals surface area contributed by atoms with Crippen molar-refractivity contribution in [3.05, 3.63) is 100.0 Å². The first-order valence-electron chi connectivity index (χ1n) is 12.7. The van der Waals surface area contributed by atoms with E-state index in [4.69, 9.17) is 5.73 Å². The number of anilines is 1. The second-order valence-corrected chi connectivity index (χ2v) is 10.1. The Bertz CT molecular complexity index is 1290. The first-order valence-corrected chi connectivity index (χ1v) is 13.6. The largest absolute Gasteiger partial charge is 0.330 e. The minimum atomic E-state index is -0.107. The second kappa shape index (κ2) is 14.1. The lowest BCUT2D eigenvalue weighted by Gasteiger charge is -2.20. The molecule has 0 radical (unpaired) electrons. The lowest BCUT2D eigenvalue weighted by molar-refractivity contribution is -0.120. The van der Waals surface area contributed by atoms with E-state index in [2.05, 4.69) is 31.7 Å². The van der Waals surface area contributed by atoms with Gasteiger partial charge in [0.2, 0.25) is 16.9 Å². The number of unbranched alkanes of at least 4 members (excludes halogenated alkanes) is 1. The number of hydrazine groups is 1. The summed E-state index contributed by atoms with van der Waals surface area (Å²) in [4.78, 5) is 24.6. The van der Waals surface area contributed by atoms with Gasteiger partial charge in [0.05, 0.1) is 12.8 Å². The Labute approximate surface area is 226 Å². The van der Waals surface area contributed by atoms with Crippen LogP contribution in [0.15, 0.2) is 78.3 Å². The van der Waals surface area contributed by atoms with E-state index in [0.29, 0.717) is 23.9 Å². The Morgan fingerprint density at radius 2 is 1.53 bits per heavy atom. The maximum atomic E-state index is 12.4. The standard InChI is InChI=1S/C28H33N7O2S/c29-16-15-21-9-6-10-22(17-21)19-26(37)31-28-35-34-27(38-28)12-5-4-11-23-13-14-24(33-32-23)30-25(36)18-20-7-2-1-3-8-20/h1-3,6-10,13-14,17,32-33H,4-5,11-12,15-16,18-19,29H2,(H,30,36)(H,31,35,37). The molecule has 1 aromatic heterocycles. The fourth-order valence-corrected chi connectivity index (χ4v) is 4.81. The van der Waals surface area contributed by atoms with Crippen molar-refractivity contribution < 1.29 is 9.59 Å². The Morgan fingerprint density at radius 3 is 2.32 bits per heavy atom. The summed E-state index contributed by atoms with van der Waals surface area (Å²) in [7, 11) is 0. The van der Waals surface area contributed by atoms with Gasteiger partial charge in [-0.1, -0.05) is 65.9 Å². The molecule has 0 saturated heterocycles. The highest BCUT2D eigenvalue weighted by Crippen LogP contribution is 2.19. The van der Waals surface area contributed by atoms with E-state index in [1.807, 2.05) is 66.7 Å². The second-order valence-electron chi connectivity index (χ2n) is 9.02. The lowest BCUT2D eigenvalue weighted by Crippen LogP contribution is -2.41. The summed E-state index contributed by atoms with van der Waals surface area (Å²) in [6, 6.07) is 17.6. The van der Waals surface area contributed by atoms with Gasteiger partial charge in [-0.05, 0) is 61.1 Å². The molecule has 2 aromatic carbocycles. The highest BCUT2D eigenvalue weighted by atomic mass is 32.1. The molecular weight excluding hydrogens is 498 g/mol. The summed E-state index contributed by atoms with van der Waals surface area (Å²) >= 11 is 1.41. The van der Waals surface area contributed by atoms with Crippen molar-refractivity contribution in [2.24, 2.45) is 5.73 Å². The van der Waals surface area contributed by atoms with Crippen LogP contribution in [0.25, 0.3) is 0 Å². The summed E-state index contributed by atoms with van der Waals surface area (Å²) in [5, 5.41) is 15.5. The number of amides is 2. The van der Waals surface area contributed by atoms with Gasteiger partial charge in [0.25, 0.3) is 0 Å². The first-order chi connectivity index (χ1) is 18.6. The number of nitrogens with one attached hydrogen (secondary N) is 4. The number of hydrogen-bond acceptors (Lipinski definition) is 8. The van der Waals surface area contributed by atoms with Crippen LogP contribution in [0.1, 0.15) is 41.0 Å². The fourth-order valence-electron chi connectivity index (χ4n) is 4.02. The summed E-state index contributed by atoms with van der Waals surface area (Å²) in [5.41, 5.74) is 15.9. The van der Waals surface area contributed by atoms with Crippen LogP contribution in [0, 0.1) is 0 Å². The van der Waals surface area contributed by atoms with Gasteiger partial charge >= 0.3 is 0 Å². The number of nitrogens with two attached hydrogens (primary N) is 1. The molecule has 2 heterocycles. The molecule has 3 aromatic rings. The highest BCUT2D eigenvalue weighted by Gasteiger charge is 2.11. The van der Waals surface area contributed by atoms with Crippen molar-refractivity contribution in [2.45, 2.75) is 44.9 Å². The Hall–Kier alpha value is -4.02. The van der Waals surface area contributed by atoms with Crippen LogP contribution in [0.5, 0.6) is 0 Å². The molecule has 10 heteroatoms. The monoisotopic (exact) mass is 531 g/mol. The number of allylic oxidation sites excluding steroid dienone is 3. The average molecular weight is 532 g/mol. The molecule has 1 aliphatic heterocycles. The van der Waals surface area contributed by atoms with Crippen molar-refractivity contribution in [2.75, 3.05) is 11.9 Å². The van der Waals surface area contributed by atoms with Crippen molar-refractivity contribution >= 4 is 28.3 Å². The minimum Gasteiger partial charge on any atom is -0.330 e. The van der Waals surface area contributed by atoms with Gasteiger partial charge in [0.1, 0.15) is 10.8 Å². The zero-order valence-electron chi connectivity index (χ0n) is 21.2. The molecule has 0 unspecified atom stereocenters. The summed E-state index contributed by atoms with van der Waals surface area (Å²) in [6.07, 6.45) is 8.82. The van der Waals surface area contributed by atoms with Crippen LogP contribution in [0.3, 0.4) is 0 Å². The van der Waals surface area contributed by atoms with Gasteiger partial charge in [-0.2, -0.15) is 0 Å². The SMILES string of the molecule is NCCc1cccc(CC(=O)Nc2nnc(CCCCC3=CC=C(NC(=O)Cc4ccccc4)NN3)s2)c1. The van der Waals surface area contributed by atoms with Gasteiger partial charge in [0.15, 0.2) is 0 Å². The summed E-state index contributed by atoms with van der Waals surface area (Å²) < 4.78 is 0. The van der Waals surface area contributed by atoms with Crippen molar-refractivity contribution in [3.63, 3.8) is 0 Å². The van der Waals surface area contributed by atoms with E-state index in [1.54, 1.807) is 0 Å². The molecule has 0 atom stereocenters. The van der Waals surface area contributed by atoms with Gasteiger partial charge in [-0.25, -0.2) is 0 Å². The Balaban J connectivity index is 1.14. The smallest absolute Gasteiger partial charge is 0.230 e. The number of carbonyl (C=O) groups is 2. The third-order valence-electron chi connectivity index (χ3n) is 5.88. The van der Waals surface area contributed by atoms with E-state index in [9.17, 15) is 9.59 Å². The van der Waals surface area contributed by atoms with Gasteiger partial charge < -0.3 is 21.8 Å².